The first kappa shape index (κ1) is 10.7. The number of hydrogen-bond acceptors (Lipinski definition) is 6. The zero-order valence-electron chi connectivity index (χ0n) is 8.88. The predicted octanol–water partition coefficient (Wildman–Crippen LogP) is -5.23. The fourth-order valence-corrected chi connectivity index (χ4v) is 1.69. The average molecular weight is 187 g/mol. The van der Waals surface area contributed by atoms with E-state index in [1.165, 1.54) is 0 Å². The van der Waals surface area contributed by atoms with Gasteiger partial charge in [-0.1, -0.05) is 6.82 Å². The van der Waals surface area contributed by atoms with Gasteiger partial charge in [0.2, 0.25) is 0 Å². The van der Waals surface area contributed by atoms with Crippen LogP contribution in [0, 0.1) is 0 Å². The van der Waals surface area contributed by atoms with Gasteiger partial charge in [-0.25, -0.2) is 0 Å². The first-order chi connectivity index (χ1) is 6.75. The van der Waals surface area contributed by atoms with Crippen molar-refractivity contribution in [1.29, 1.82) is 0 Å². The SMILES string of the molecule is CB1NBN(B2NBN(C)BN2)BN1. The molecule has 0 aromatic carbocycles. The Morgan fingerprint density at radius 3 is 2.07 bits per heavy atom. The molecule has 0 unspecified atom stereocenters. The molecule has 12 heteroatoms. The Morgan fingerprint density at radius 1 is 0.929 bits per heavy atom. The van der Waals surface area contributed by atoms with Gasteiger partial charge in [0, 0.05) is 0 Å². The molecule has 0 saturated carbocycles. The van der Waals surface area contributed by atoms with Gasteiger partial charge < -0.3 is 29.9 Å². The smallest absolute Gasteiger partial charge is 0.355 e. The highest BCUT2D eigenvalue weighted by Gasteiger charge is 2.31. The zero-order valence-corrected chi connectivity index (χ0v) is 8.88. The molecule has 2 rings (SSSR count). The molecule has 6 nitrogen and oxygen atoms in total. The molecule has 70 valence electrons. The van der Waals surface area contributed by atoms with E-state index in [0.717, 1.165) is 30.2 Å². The maximum Gasteiger partial charge on any atom is 0.355 e. The average Bonchev–Trinajstić information content (AvgIpc) is 2.21. The highest BCUT2D eigenvalue weighted by Crippen LogP contribution is 1.90. The van der Waals surface area contributed by atoms with Gasteiger partial charge in [0.15, 0.2) is 0 Å². The summed E-state index contributed by atoms with van der Waals surface area (Å²) in [6.07, 6.45) is 0. The first-order valence-electron chi connectivity index (χ1n) is 5.12. The Morgan fingerprint density at radius 2 is 1.50 bits per heavy atom. The number of hydrogen-bond donors (Lipinski definition) is 4. The van der Waals surface area contributed by atoms with Crippen LogP contribution in [0.3, 0.4) is 0 Å². The number of nitrogens with one attached hydrogen (secondary N) is 4. The van der Waals surface area contributed by atoms with Gasteiger partial charge in [0.05, 0.1) is 0 Å². The van der Waals surface area contributed by atoms with E-state index in [1.54, 1.807) is 0 Å². The molecular formula is C2H14B6N6. The summed E-state index contributed by atoms with van der Waals surface area (Å²) in [4.78, 5) is 0. The molecule has 2 heterocycles. The standard InChI is InChI=1S/C2H14B6N6/c1-7-9-5-14(6-10-7)8-11-3-13(2)4-12-8/h3-6,9-12H,1-2H3. The number of rotatable bonds is 1. The third kappa shape index (κ3) is 2.59. The van der Waals surface area contributed by atoms with Crippen LogP contribution in [0.15, 0.2) is 0 Å². The molecule has 4 N–H and O–H groups in total. The van der Waals surface area contributed by atoms with Crippen molar-refractivity contribution in [1.82, 2.24) is 29.9 Å². The Bertz CT molecular complexity index is 157. The fraction of sp³-hybridized carbons (Fsp3) is 1.00. The van der Waals surface area contributed by atoms with Crippen LogP contribution in [-0.4, -0.2) is 60.7 Å². The van der Waals surface area contributed by atoms with E-state index in [4.69, 9.17) is 0 Å². The molecule has 2 saturated heterocycles. The lowest BCUT2D eigenvalue weighted by molar-refractivity contribution is 0.784. The van der Waals surface area contributed by atoms with Crippen LogP contribution < -0.4 is 20.6 Å². The van der Waals surface area contributed by atoms with Crippen LogP contribution in [0.1, 0.15) is 0 Å². The largest absolute Gasteiger partial charge is 0.379 e. The minimum absolute atomic E-state index is 0.277. The second kappa shape index (κ2) is 4.78. The Labute approximate surface area is 88.7 Å². The molecule has 0 atom stereocenters. The Balaban J connectivity index is 1.78. The van der Waals surface area contributed by atoms with Gasteiger partial charge >= 0.3 is 7.12 Å². The van der Waals surface area contributed by atoms with Crippen LogP contribution in [-0.2, 0) is 0 Å². The van der Waals surface area contributed by atoms with Crippen molar-refractivity contribution in [2.75, 3.05) is 7.05 Å². The van der Waals surface area contributed by atoms with Crippen LogP contribution >= 0.6 is 0 Å². The fourth-order valence-electron chi connectivity index (χ4n) is 1.69. The quantitative estimate of drug-likeness (QED) is 0.308. The lowest BCUT2D eigenvalue weighted by atomic mass is 9.58. The summed E-state index contributed by atoms with van der Waals surface area (Å²) in [5, 5.41) is 13.6. The van der Waals surface area contributed by atoms with Gasteiger partial charge in [0.25, 0.3) is 37.2 Å². The third-order valence-electron chi connectivity index (χ3n) is 2.68. The summed E-state index contributed by atoms with van der Waals surface area (Å²) in [6, 6.07) is 0. The van der Waals surface area contributed by atoms with Crippen molar-refractivity contribution in [3.8, 4) is 0 Å². The maximum absolute atomic E-state index is 3.41. The predicted molar refractivity (Wildman–Crippen MR) is 68.1 cm³/mol. The second-order valence-electron chi connectivity index (χ2n) is 4.02. The highest BCUT2D eigenvalue weighted by molar-refractivity contribution is 6.86. The normalized spacial score (nSPS) is 24.7. The summed E-state index contributed by atoms with van der Waals surface area (Å²) in [7, 11) is 6.07. The van der Waals surface area contributed by atoms with Crippen LogP contribution in [0.5, 0.6) is 0 Å². The maximum atomic E-state index is 3.41. The molecule has 2 aliphatic rings. The van der Waals surface area contributed by atoms with Crippen molar-refractivity contribution in [2.45, 2.75) is 6.82 Å². The molecule has 0 radical (unpaired) electrons. The molecule has 2 fully saturated rings. The summed E-state index contributed by atoms with van der Waals surface area (Å²) >= 11 is 0. The Kier molecular flexibility index (Phi) is 3.64. The second-order valence-corrected chi connectivity index (χ2v) is 4.02. The molecule has 0 aromatic rings. The summed E-state index contributed by atoms with van der Waals surface area (Å²) in [5.41, 5.74) is 0. The molecular weight excluding hydrogens is 173 g/mol. The monoisotopic (exact) mass is 188 g/mol. The van der Waals surface area contributed by atoms with E-state index >= 15 is 0 Å². The van der Waals surface area contributed by atoms with Gasteiger partial charge in [-0.15, -0.1) is 0 Å². The van der Waals surface area contributed by atoms with Crippen LogP contribution in [0.2, 0.25) is 6.82 Å². The lowest BCUT2D eigenvalue weighted by Gasteiger charge is -2.38. The minimum Gasteiger partial charge on any atom is -0.379 e. The van der Waals surface area contributed by atoms with Crippen molar-refractivity contribution >= 4 is 44.3 Å². The third-order valence-corrected chi connectivity index (χ3v) is 2.68. The van der Waals surface area contributed by atoms with E-state index in [9.17, 15) is 0 Å². The summed E-state index contributed by atoms with van der Waals surface area (Å²) < 4.78 is 4.50. The van der Waals surface area contributed by atoms with E-state index in [0.29, 0.717) is 6.98 Å². The van der Waals surface area contributed by atoms with Gasteiger partial charge in [-0.3, -0.25) is 0 Å². The molecule has 0 amide bonds. The van der Waals surface area contributed by atoms with Crippen molar-refractivity contribution in [2.24, 2.45) is 0 Å². The molecule has 2 aliphatic heterocycles. The van der Waals surface area contributed by atoms with E-state index < -0.39 is 0 Å². The molecule has 0 bridgehead atoms. The number of nitrogens with zero attached hydrogens (tertiary/aromatic N) is 2. The summed E-state index contributed by atoms with van der Waals surface area (Å²) in [6.45, 7) is 2.55. The summed E-state index contributed by atoms with van der Waals surface area (Å²) in [5.74, 6) is 0. The van der Waals surface area contributed by atoms with Crippen LogP contribution in [0.25, 0.3) is 0 Å². The molecule has 0 spiro atoms. The van der Waals surface area contributed by atoms with E-state index in [-0.39, 0.29) is 7.12 Å². The van der Waals surface area contributed by atoms with Crippen molar-refractivity contribution in [3.63, 3.8) is 0 Å². The molecule has 0 aliphatic carbocycles. The first-order valence-corrected chi connectivity index (χ1v) is 5.12. The molecule has 14 heavy (non-hydrogen) atoms. The Hall–Kier alpha value is 0.150. The van der Waals surface area contributed by atoms with E-state index in [2.05, 4.69) is 43.8 Å². The van der Waals surface area contributed by atoms with Crippen molar-refractivity contribution in [3.05, 3.63) is 0 Å². The zero-order chi connectivity index (χ0) is 9.97. The lowest BCUT2D eigenvalue weighted by Crippen LogP contribution is -2.77. The van der Waals surface area contributed by atoms with Gasteiger partial charge in [-0.2, -0.15) is 0 Å². The topological polar surface area (TPSA) is 54.6 Å². The van der Waals surface area contributed by atoms with E-state index in [1.807, 2.05) is 0 Å². The van der Waals surface area contributed by atoms with Gasteiger partial charge in [-0.05, 0) is 7.05 Å². The minimum atomic E-state index is 0.277. The van der Waals surface area contributed by atoms with Crippen LogP contribution in [0.4, 0.5) is 0 Å². The van der Waals surface area contributed by atoms with Crippen molar-refractivity contribution < 1.29 is 0 Å². The van der Waals surface area contributed by atoms with Gasteiger partial charge in [0.1, 0.15) is 0 Å². The molecule has 0 aromatic heterocycles. The highest BCUT2D eigenvalue weighted by atomic mass is 15.2.